The number of hydrogen-bond acceptors (Lipinski definition) is 3. The Morgan fingerprint density at radius 1 is 1.17 bits per heavy atom. The second-order valence-electron chi connectivity index (χ2n) is 7.74. The Morgan fingerprint density at radius 2 is 1.83 bits per heavy atom. The summed E-state index contributed by atoms with van der Waals surface area (Å²) < 4.78 is 5.46. The zero-order valence-electron chi connectivity index (χ0n) is 15.9. The Hall–Kier alpha value is -0.0800. The number of rotatable bonds is 5. The van der Waals surface area contributed by atoms with Crippen LogP contribution < -0.4 is 10.6 Å². The van der Waals surface area contributed by atoms with Crippen molar-refractivity contribution in [3.8, 4) is 0 Å². The molecule has 0 aromatic heterocycles. The van der Waals surface area contributed by atoms with E-state index in [0.717, 1.165) is 57.2 Å². The Labute approximate surface area is 165 Å². The van der Waals surface area contributed by atoms with Crippen molar-refractivity contribution in [2.45, 2.75) is 52.0 Å². The first-order valence-corrected chi connectivity index (χ1v) is 9.30. The zero-order valence-corrected chi connectivity index (χ0v) is 18.3. The van der Waals surface area contributed by atoms with Gasteiger partial charge in [0.25, 0.3) is 0 Å². The summed E-state index contributed by atoms with van der Waals surface area (Å²) in [6.45, 7) is 12.6. The molecule has 142 valence electrons. The summed E-state index contributed by atoms with van der Waals surface area (Å²) in [5.74, 6) is 2.55. The third-order valence-electron chi connectivity index (χ3n) is 5.60. The smallest absolute Gasteiger partial charge is 0.191 e. The van der Waals surface area contributed by atoms with Gasteiger partial charge in [0.2, 0.25) is 0 Å². The van der Waals surface area contributed by atoms with Crippen LogP contribution >= 0.6 is 24.0 Å². The van der Waals surface area contributed by atoms with E-state index >= 15 is 0 Å². The van der Waals surface area contributed by atoms with Crippen molar-refractivity contribution >= 4 is 29.9 Å². The SMILES string of the molecule is CN=C(NCC1CCCCC1C)NCC(C)(C)N1CCOCC1.I. The van der Waals surface area contributed by atoms with Crippen LogP contribution in [0.3, 0.4) is 0 Å². The fourth-order valence-corrected chi connectivity index (χ4v) is 3.73. The maximum atomic E-state index is 5.46. The van der Waals surface area contributed by atoms with Gasteiger partial charge in [0.15, 0.2) is 5.96 Å². The predicted molar refractivity (Wildman–Crippen MR) is 112 cm³/mol. The summed E-state index contributed by atoms with van der Waals surface area (Å²) in [4.78, 5) is 6.90. The van der Waals surface area contributed by atoms with Crippen LogP contribution in [0.2, 0.25) is 0 Å². The van der Waals surface area contributed by atoms with Crippen LogP contribution in [0.15, 0.2) is 4.99 Å². The average molecular weight is 452 g/mol. The monoisotopic (exact) mass is 452 g/mol. The summed E-state index contributed by atoms with van der Waals surface area (Å²) >= 11 is 0. The lowest BCUT2D eigenvalue weighted by molar-refractivity contribution is -0.00834. The number of ether oxygens (including phenoxy) is 1. The number of aliphatic imine (C=N–C) groups is 1. The van der Waals surface area contributed by atoms with Crippen molar-refractivity contribution in [2.75, 3.05) is 46.4 Å². The Bertz CT molecular complexity index is 383. The van der Waals surface area contributed by atoms with E-state index in [1.807, 2.05) is 7.05 Å². The number of halogens is 1. The van der Waals surface area contributed by atoms with Crippen molar-refractivity contribution in [1.29, 1.82) is 0 Å². The van der Waals surface area contributed by atoms with Gasteiger partial charge < -0.3 is 15.4 Å². The molecule has 1 aliphatic heterocycles. The Morgan fingerprint density at radius 3 is 2.46 bits per heavy atom. The molecule has 0 bridgehead atoms. The molecule has 5 nitrogen and oxygen atoms in total. The Balaban J connectivity index is 0.00000288. The average Bonchev–Trinajstić information content (AvgIpc) is 2.57. The molecule has 2 unspecified atom stereocenters. The molecule has 0 aromatic rings. The minimum atomic E-state index is 0. The van der Waals surface area contributed by atoms with E-state index in [2.05, 4.69) is 41.3 Å². The molecule has 2 fully saturated rings. The van der Waals surface area contributed by atoms with Gasteiger partial charge in [-0.15, -0.1) is 24.0 Å². The predicted octanol–water partition coefficient (Wildman–Crippen LogP) is 2.71. The van der Waals surface area contributed by atoms with Crippen LogP contribution in [-0.4, -0.2) is 62.8 Å². The fourth-order valence-electron chi connectivity index (χ4n) is 3.73. The van der Waals surface area contributed by atoms with Gasteiger partial charge in [-0.3, -0.25) is 9.89 Å². The molecular formula is C18H37IN4O. The molecule has 2 aliphatic rings. The van der Waals surface area contributed by atoms with Crippen molar-refractivity contribution in [3.05, 3.63) is 0 Å². The maximum Gasteiger partial charge on any atom is 0.191 e. The number of hydrogen-bond donors (Lipinski definition) is 2. The van der Waals surface area contributed by atoms with Gasteiger partial charge in [-0.2, -0.15) is 0 Å². The quantitative estimate of drug-likeness (QED) is 0.383. The normalized spacial score (nSPS) is 26.6. The molecule has 0 amide bonds. The molecule has 2 rings (SSSR count). The molecule has 1 heterocycles. The molecule has 2 N–H and O–H groups in total. The lowest BCUT2D eigenvalue weighted by Gasteiger charge is -2.41. The highest BCUT2D eigenvalue weighted by atomic mass is 127. The topological polar surface area (TPSA) is 48.9 Å². The molecular weight excluding hydrogens is 415 g/mol. The van der Waals surface area contributed by atoms with Gasteiger partial charge in [0, 0.05) is 38.8 Å². The number of nitrogens with zero attached hydrogens (tertiary/aromatic N) is 2. The first kappa shape index (κ1) is 22.0. The minimum absolute atomic E-state index is 0. The molecule has 0 radical (unpaired) electrons. The molecule has 6 heteroatoms. The van der Waals surface area contributed by atoms with Crippen molar-refractivity contribution in [1.82, 2.24) is 15.5 Å². The molecule has 1 saturated carbocycles. The van der Waals surface area contributed by atoms with E-state index in [-0.39, 0.29) is 29.5 Å². The summed E-state index contributed by atoms with van der Waals surface area (Å²) in [6.07, 6.45) is 5.51. The minimum Gasteiger partial charge on any atom is -0.379 e. The van der Waals surface area contributed by atoms with E-state index in [9.17, 15) is 0 Å². The van der Waals surface area contributed by atoms with E-state index in [1.165, 1.54) is 25.7 Å². The van der Waals surface area contributed by atoms with Gasteiger partial charge in [-0.25, -0.2) is 0 Å². The summed E-state index contributed by atoms with van der Waals surface area (Å²) in [7, 11) is 1.86. The number of guanidine groups is 1. The molecule has 2 atom stereocenters. The zero-order chi connectivity index (χ0) is 16.7. The highest BCUT2D eigenvalue weighted by molar-refractivity contribution is 14.0. The summed E-state index contributed by atoms with van der Waals surface area (Å²) in [6, 6.07) is 0. The van der Waals surface area contributed by atoms with Crippen LogP contribution in [-0.2, 0) is 4.74 Å². The van der Waals surface area contributed by atoms with Gasteiger partial charge in [0.1, 0.15) is 0 Å². The van der Waals surface area contributed by atoms with Crippen molar-refractivity contribution in [2.24, 2.45) is 16.8 Å². The second-order valence-corrected chi connectivity index (χ2v) is 7.74. The van der Waals surface area contributed by atoms with E-state index in [0.29, 0.717) is 0 Å². The third kappa shape index (κ3) is 6.67. The van der Waals surface area contributed by atoms with E-state index < -0.39 is 0 Å². The van der Waals surface area contributed by atoms with Crippen molar-refractivity contribution in [3.63, 3.8) is 0 Å². The summed E-state index contributed by atoms with van der Waals surface area (Å²) in [5, 5.41) is 7.06. The molecule has 24 heavy (non-hydrogen) atoms. The molecule has 0 spiro atoms. The van der Waals surface area contributed by atoms with Gasteiger partial charge in [0.05, 0.1) is 13.2 Å². The largest absolute Gasteiger partial charge is 0.379 e. The standard InChI is InChI=1S/C18H36N4O.HI/c1-15-7-5-6-8-16(15)13-20-17(19-4)21-14-18(2,3)22-9-11-23-12-10-22;/h15-16H,5-14H2,1-4H3,(H2,19,20,21);1H. The van der Waals surface area contributed by atoms with Crippen LogP contribution in [0.4, 0.5) is 0 Å². The number of morpholine rings is 1. The third-order valence-corrected chi connectivity index (χ3v) is 5.60. The second kappa shape index (κ2) is 10.8. The first-order chi connectivity index (χ1) is 11.0. The number of nitrogens with one attached hydrogen (secondary N) is 2. The van der Waals surface area contributed by atoms with E-state index in [4.69, 9.17) is 4.74 Å². The molecule has 1 aliphatic carbocycles. The molecule has 0 aromatic carbocycles. The van der Waals surface area contributed by atoms with Crippen LogP contribution in [0.1, 0.15) is 46.5 Å². The van der Waals surface area contributed by atoms with Gasteiger partial charge in [-0.1, -0.05) is 26.2 Å². The lowest BCUT2D eigenvalue weighted by atomic mass is 9.80. The van der Waals surface area contributed by atoms with Crippen LogP contribution in [0.25, 0.3) is 0 Å². The fraction of sp³-hybridized carbons (Fsp3) is 0.944. The van der Waals surface area contributed by atoms with Crippen LogP contribution in [0, 0.1) is 11.8 Å². The lowest BCUT2D eigenvalue weighted by Crippen LogP contribution is -2.56. The first-order valence-electron chi connectivity index (χ1n) is 9.30. The maximum absolute atomic E-state index is 5.46. The Kier molecular flexibility index (Phi) is 9.89. The highest BCUT2D eigenvalue weighted by Crippen LogP contribution is 2.28. The van der Waals surface area contributed by atoms with E-state index in [1.54, 1.807) is 0 Å². The summed E-state index contributed by atoms with van der Waals surface area (Å²) in [5.41, 5.74) is 0.111. The van der Waals surface area contributed by atoms with Crippen LogP contribution in [0.5, 0.6) is 0 Å². The van der Waals surface area contributed by atoms with Gasteiger partial charge >= 0.3 is 0 Å². The molecule has 1 saturated heterocycles. The highest BCUT2D eigenvalue weighted by Gasteiger charge is 2.28. The van der Waals surface area contributed by atoms with Crippen molar-refractivity contribution < 1.29 is 4.74 Å². The van der Waals surface area contributed by atoms with Gasteiger partial charge in [-0.05, 0) is 32.1 Å².